The molecule has 184 valence electrons. The Bertz CT molecular complexity index is 1290. The van der Waals surface area contributed by atoms with Crippen LogP contribution in [0.15, 0.2) is 27.8 Å². The molecule has 2 aromatic heterocycles. The highest BCUT2D eigenvalue weighted by atomic mass is 16.5. The van der Waals surface area contributed by atoms with E-state index in [2.05, 4.69) is 15.2 Å². The van der Waals surface area contributed by atoms with Crippen molar-refractivity contribution >= 4 is 17.1 Å². The Morgan fingerprint density at radius 3 is 2.62 bits per heavy atom. The second-order valence-corrected chi connectivity index (χ2v) is 8.66. The lowest BCUT2D eigenvalue weighted by atomic mass is 10.1. The van der Waals surface area contributed by atoms with E-state index in [4.69, 9.17) is 4.74 Å². The third kappa shape index (κ3) is 4.59. The molecule has 1 aliphatic rings. The summed E-state index contributed by atoms with van der Waals surface area (Å²) in [5.41, 5.74) is 1.47. The predicted molar refractivity (Wildman–Crippen MR) is 129 cm³/mol. The number of fused-ring (bicyclic) bond motifs is 1. The molecule has 3 aromatic rings. The molecule has 0 amide bonds. The van der Waals surface area contributed by atoms with Gasteiger partial charge >= 0.3 is 5.69 Å². The minimum absolute atomic E-state index is 0.205. The first-order valence-electron chi connectivity index (χ1n) is 11.5. The van der Waals surface area contributed by atoms with E-state index in [1.165, 1.54) is 11.6 Å². The lowest BCUT2D eigenvalue weighted by Crippen LogP contribution is -2.39. The number of benzene rings is 1. The number of nitrogens with zero attached hydrogens (tertiary/aromatic N) is 5. The largest absolute Gasteiger partial charge is 0.508 e. The Balaban J connectivity index is 1.49. The van der Waals surface area contributed by atoms with E-state index >= 15 is 0 Å². The molecule has 0 radical (unpaired) electrons. The maximum absolute atomic E-state index is 13.0. The van der Waals surface area contributed by atoms with Gasteiger partial charge in [-0.15, -0.1) is 0 Å². The van der Waals surface area contributed by atoms with Crippen molar-refractivity contribution in [2.24, 2.45) is 14.1 Å². The average Bonchev–Trinajstić information content (AvgIpc) is 3.23. The minimum atomic E-state index is -0.695. The van der Waals surface area contributed by atoms with E-state index in [1.807, 2.05) is 4.57 Å². The minimum Gasteiger partial charge on any atom is -0.508 e. The van der Waals surface area contributed by atoms with Crippen LogP contribution in [0.1, 0.15) is 23.7 Å². The number of rotatable bonds is 8. The second-order valence-electron chi connectivity index (χ2n) is 8.66. The van der Waals surface area contributed by atoms with Gasteiger partial charge in [-0.2, -0.15) is 4.98 Å². The van der Waals surface area contributed by atoms with Gasteiger partial charge in [0, 0.05) is 40.3 Å². The van der Waals surface area contributed by atoms with Crippen LogP contribution in [0, 0.1) is 6.92 Å². The zero-order valence-electron chi connectivity index (χ0n) is 19.8. The van der Waals surface area contributed by atoms with Crippen molar-refractivity contribution < 1.29 is 14.9 Å². The molecular formula is C23H32N6O5. The molecule has 0 bridgehead atoms. The summed E-state index contributed by atoms with van der Waals surface area (Å²) < 4.78 is 9.87. The topological polar surface area (TPSA) is 127 Å². The maximum atomic E-state index is 13.0. The Labute approximate surface area is 196 Å². The smallest absolute Gasteiger partial charge is 0.332 e. The number of aromatic hydroxyl groups is 1. The van der Waals surface area contributed by atoms with E-state index in [0.717, 1.165) is 15.7 Å². The molecule has 3 N–H and O–H groups in total. The normalized spacial score (nSPS) is 15.2. The van der Waals surface area contributed by atoms with Crippen LogP contribution in [-0.2, 0) is 25.4 Å². The Kier molecular flexibility index (Phi) is 7.05. The van der Waals surface area contributed by atoms with Crippen molar-refractivity contribution in [3.8, 4) is 5.75 Å². The van der Waals surface area contributed by atoms with E-state index < -0.39 is 11.8 Å². The van der Waals surface area contributed by atoms with Gasteiger partial charge in [0.1, 0.15) is 5.75 Å². The van der Waals surface area contributed by atoms with Crippen LogP contribution < -0.4 is 21.5 Å². The van der Waals surface area contributed by atoms with E-state index in [9.17, 15) is 19.8 Å². The fraction of sp³-hybridized carbons (Fsp3) is 0.522. The zero-order chi connectivity index (χ0) is 24.4. The van der Waals surface area contributed by atoms with Gasteiger partial charge in [0.05, 0.1) is 19.3 Å². The predicted octanol–water partition coefficient (Wildman–Crippen LogP) is -0.00238. The van der Waals surface area contributed by atoms with Crippen molar-refractivity contribution in [1.82, 2.24) is 24.0 Å². The number of aliphatic hydroxyl groups is 1. The summed E-state index contributed by atoms with van der Waals surface area (Å²) in [4.78, 5) is 32.2. The van der Waals surface area contributed by atoms with Gasteiger partial charge in [-0.25, -0.2) is 4.79 Å². The van der Waals surface area contributed by atoms with E-state index in [1.54, 1.807) is 32.2 Å². The monoisotopic (exact) mass is 472 g/mol. The van der Waals surface area contributed by atoms with Crippen LogP contribution in [0.5, 0.6) is 5.75 Å². The van der Waals surface area contributed by atoms with E-state index in [-0.39, 0.29) is 11.3 Å². The molecule has 0 unspecified atom stereocenters. The lowest BCUT2D eigenvalue weighted by Gasteiger charge is -2.28. The fourth-order valence-corrected chi connectivity index (χ4v) is 4.26. The van der Waals surface area contributed by atoms with Crippen molar-refractivity contribution in [3.63, 3.8) is 0 Å². The number of aromatic nitrogens is 4. The van der Waals surface area contributed by atoms with Gasteiger partial charge in [0.15, 0.2) is 11.2 Å². The van der Waals surface area contributed by atoms with Gasteiger partial charge in [-0.3, -0.25) is 13.9 Å². The van der Waals surface area contributed by atoms with Gasteiger partial charge in [-0.05, 0) is 43.1 Å². The van der Waals surface area contributed by atoms with Gasteiger partial charge in [0.25, 0.3) is 5.56 Å². The molecule has 1 atom stereocenters. The van der Waals surface area contributed by atoms with Crippen molar-refractivity contribution in [2.45, 2.75) is 26.0 Å². The number of hydrogen-bond donors (Lipinski definition) is 3. The molecule has 4 rings (SSSR count). The van der Waals surface area contributed by atoms with Gasteiger partial charge < -0.3 is 29.7 Å². The van der Waals surface area contributed by atoms with Crippen LogP contribution in [-0.4, -0.2) is 68.3 Å². The molecule has 3 heterocycles. The number of imidazole rings is 1. The number of anilines is 1. The number of phenolic OH excluding ortho intramolecular Hbond substituents is 1. The number of phenols is 1. The van der Waals surface area contributed by atoms with Crippen LogP contribution >= 0.6 is 0 Å². The molecular weight excluding hydrogens is 440 g/mol. The SMILES string of the molecule is Cc1cc([C@H](O)CNCCCn2c(N3CCOCC3)nc3c2c(=O)n(C)c(=O)n3C)ccc1O. The lowest BCUT2D eigenvalue weighted by molar-refractivity contribution is 0.121. The molecule has 0 saturated carbocycles. The summed E-state index contributed by atoms with van der Waals surface area (Å²) in [6, 6.07) is 5.06. The Hall–Kier alpha value is -3.15. The molecule has 1 aromatic carbocycles. The summed E-state index contributed by atoms with van der Waals surface area (Å²) in [5, 5.41) is 23.4. The van der Waals surface area contributed by atoms with Crippen LogP contribution in [0.4, 0.5) is 5.95 Å². The first-order valence-corrected chi connectivity index (χ1v) is 11.5. The fourth-order valence-electron chi connectivity index (χ4n) is 4.26. The first kappa shape index (κ1) is 24.0. The number of morpholine rings is 1. The average molecular weight is 473 g/mol. The highest BCUT2D eigenvalue weighted by Gasteiger charge is 2.23. The molecule has 11 nitrogen and oxygen atoms in total. The van der Waals surface area contributed by atoms with Crippen LogP contribution in [0.25, 0.3) is 11.2 Å². The quantitative estimate of drug-likeness (QED) is 0.391. The number of aryl methyl sites for hydroxylation is 3. The summed E-state index contributed by atoms with van der Waals surface area (Å²) in [6.45, 7) is 5.78. The molecule has 1 fully saturated rings. The maximum Gasteiger partial charge on any atom is 0.332 e. The number of hydrogen-bond acceptors (Lipinski definition) is 8. The molecule has 0 spiro atoms. The molecule has 34 heavy (non-hydrogen) atoms. The summed E-state index contributed by atoms with van der Waals surface area (Å²) in [6.07, 6.45) is -0.00468. The zero-order valence-corrected chi connectivity index (χ0v) is 19.8. The summed E-state index contributed by atoms with van der Waals surface area (Å²) >= 11 is 0. The number of aliphatic hydroxyl groups excluding tert-OH is 1. The highest BCUT2D eigenvalue weighted by molar-refractivity contribution is 5.74. The summed E-state index contributed by atoms with van der Waals surface area (Å²) in [5.74, 6) is 0.868. The van der Waals surface area contributed by atoms with Crippen LogP contribution in [0.2, 0.25) is 0 Å². The Morgan fingerprint density at radius 1 is 1.18 bits per heavy atom. The van der Waals surface area contributed by atoms with Crippen molar-refractivity contribution in [3.05, 3.63) is 50.2 Å². The molecule has 0 aliphatic carbocycles. The Morgan fingerprint density at radius 2 is 1.91 bits per heavy atom. The highest BCUT2D eigenvalue weighted by Crippen LogP contribution is 2.22. The molecule has 11 heteroatoms. The second kappa shape index (κ2) is 10.00. The molecule has 1 saturated heterocycles. The third-order valence-electron chi connectivity index (χ3n) is 6.30. The van der Waals surface area contributed by atoms with Crippen molar-refractivity contribution in [2.75, 3.05) is 44.3 Å². The number of nitrogens with one attached hydrogen (secondary N) is 1. The van der Waals surface area contributed by atoms with Gasteiger partial charge in [0.2, 0.25) is 5.95 Å². The van der Waals surface area contributed by atoms with Crippen molar-refractivity contribution in [1.29, 1.82) is 0 Å². The molecule has 1 aliphatic heterocycles. The van der Waals surface area contributed by atoms with Gasteiger partial charge in [-0.1, -0.05) is 6.07 Å². The summed E-state index contributed by atoms with van der Waals surface area (Å²) in [7, 11) is 3.10. The first-order chi connectivity index (χ1) is 16.3. The third-order valence-corrected chi connectivity index (χ3v) is 6.30. The number of ether oxygens (including phenoxy) is 1. The van der Waals surface area contributed by atoms with Crippen LogP contribution in [0.3, 0.4) is 0 Å². The van der Waals surface area contributed by atoms with E-state index in [0.29, 0.717) is 69.5 Å². The standard InChI is InChI=1S/C23H32N6O5/c1-15-13-16(5-6-17(15)30)18(31)14-24-7-4-8-29-19-20(26(2)23(33)27(3)21(19)32)25-22(29)28-9-11-34-12-10-28/h5-6,13,18,24,30-31H,4,7-12,14H2,1-3H3/t18-/m1/s1.